The van der Waals surface area contributed by atoms with Crippen molar-refractivity contribution in [2.45, 2.75) is 58.4 Å². The number of rotatable bonds is 6. The number of allylic oxidation sites excluding steroid dienone is 14. The molecule has 5 rings (SSSR count). The molecule has 0 spiro atoms. The fourth-order valence-corrected chi connectivity index (χ4v) is 5.70. The van der Waals surface area contributed by atoms with Gasteiger partial charge in [-0.15, -0.1) is 0 Å². The molecule has 6 heteroatoms. The lowest BCUT2D eigenvalue weighted by Gasteiger charge is -2.27. The first kappa shape index (κ1) is 28.4. The van der Waals surface area contributed by atoms with Gasteiger partial charge in [-0.3, -0.25) is 10.1 Å². The molecule has 0 bridgehead atoms. The van der Waals surface area contributed by atoms with Crippen molar-refractivity contribution < 1.29 is 4.39 Å². The van der Waals surface area contributed by atoms with Gasteiger partial charge in [0.05, 0.1) is 23.3 Å². The second kappa shape index (κ2) is 13.0. The van der Waals surface area contributed by atoms with Gasteiger partial charge in [-0.2, -0.15) is 5.10 Å². The van der Waals surface area contributed by atoms with Gasteiger partial charge in [0, 0.05) is 24.0 Å². The van der Waals surface area contributed by atoms with Crippen LogP contribution in [0.15, 0.2) is 113 Å². The summed E-state index contributed by atoms with van der Waals surface area (Å²) in [4.78, 5) is 9.06. The standard InChI is InChI=1S/C35H38FN5/c1-4-27(30-14-12-26(20-38-21-30)17-25-7-5-10-31(37)18-25)19-29-9-6-8-28(13-11-23(29)2)32-22-39-41-35(32)34-16-15-33(36)24(3)40-34/h4,6,8-9,11,13-16,19-22,25,31H,2,5,7,10,12,17-18,37H2,1,3H3,(H,39,41)/b9-6+,13-11-,27-4+,28-8-,29-19-/t25-,31-/m1/s1. The largest absolute Gasteiger partial charge is 0.328 e. The molecule has 0 amide bonds. The Hall–Kier alpha value is -4.16. The van der Waals surface area contributed by atoms with Gasteiger partial charge in [0.25, 0.3) is 0 Å². The molecule has 5 nitrogen and oxygen atoms in total. The predicted octanol–water partition coefficient (Wildman–Crippen LogP) is 8.05. The summed E-state index contributed by atoms with van der Waals surface area (Å²) in [5, 5.41) is 7.26. The number of aromatic nitrogens is 3. The maximum absolute atomic E-state index is 13.8. The molecule has 0 unspecified atom stereocenters. The van der Waals surface area contributed by atoms with Crippen LogP contribution in [-0.4, -0.2) is 27.4 Å². The molecule has 41 heavy (non-hydrogen) atoms. The van der Waals surface area contributed by atoms with E-state index in [9.17, 15) is 4.39 Å². The van der Waals surface area contributed by atoms with Crippen LogP contribution < -0.4 is 5.73 Å². The fourth-order valence-electron chi connectivity index (χ4n) is 5.70. The molecule has 1 aliphatic heterocycles. The maximum atomic E-state index is 13.8. The zero-order chi connectivity index (χ0) is 28.8. The molecule has 2 aliphatic carbocycles. The number of pyridine rings is 1. The molecule has 0 radical (unpaired) electrons. The number of nitrogens with zero attached hydrogens (tertiary/aromatic N) is 3. The number of aromatic amines is 1. The average Bonchev–Trinajstić information content (AvgIpc) is 3.33. The lowest BCUT2D eigenvalue weighted by atomic mass is 9.82. The summed E-state index contributed by atoms with van der Waals surface area (Å²) < 4.78 is 13.8. The minimum Gasteiger partial charge on any atom is -0.328 e. The van der Waals surface area contributed by atoms with Crippen LogP contribution in [0.5, 0.6) is 0 Å². The number of hydrogen-bond acceptors (Lipinski definition) is 4. The molecule has 3 N–H and O–H groups in total. The van der Waals surface area contributed by atoms with E-state index in [0.29, 0.717) is 23.3 Å². The maximum Gasteiger partial charge on any atom is 0.144 e. The summed E-state index contributed by atoms with van der Waals surface area (Å²) in [6.07, 6.45) is 29.3. The Morgan fingerprint density at radius 1 is 1.22 bits per heavy atom. The predicted molar refractivity (Wildman–Crippen MR) is 168 cm³/mol. The third kappa shape index (κ3) is 6.95. The Kier molecular flexibility index (Phi) is 9.00. The minimum atomic E-state index is -0.328. The van der Waals surface area contributed by atoms with E-state index >= 15 is 0 Å². The molecule has 3 aliphatic rings. The molecule has 1 saturated carbocycles. The first-order valence-corrected chi connectivity index (χ1v) is 14.4. The third-order valence-corrected chi connectivity index (χ3v) is 8.00. The van der Waals surface area contributed by atoms with Crippen molar-refractivity contribution in [3.05, 3.63) is 125 Å². The minimum absolute atomic E-state index is 0.328. The van der Waals surface area contributed by atoms with Gasteiger partial charge in [0.15, 0.2) is 0 Å². The van der Waals surface area contributed by atoms with Crippen LogP contribution in [0.4, 0.5) is 4.39 Å². The molecule has 210 valence electrons. The molecular weight excluding hydrogens is 509 g/mol. The van der Waals surface area contributed by atoms with Crippen molar-refractivity contribution in [2.75, 3.05) is 0 Å². The lowest BCUT2D eigenvalue weighted by molar-refractivity contribution is 0.319. The van der Waals surface area contributed by atoms with E-state index in [1.165, 1.54) is 24.5 Å². The van der Waals surface area contributed by atoms with Crippen LogP contribution in [0.1, 0.15) is 56.7 Å². The van der Waals surface area contributed by atoms with E-state index in [1.54, 1.807) is 19.2 Å². The van der Waals surface area contributed by atoms with E-state index in [0.717, 1.165) is 64.8 Å². The smallest absolute Gasteiger partial charge is 0.144 e. The quantitative estimate of drug-likeness (QED) is 0.384. The summed E-state index contributed by atoms with van der Waals surface area (Å²) >= 11 is 0. The topological polar surface area (TPSA) is 80.0 Å². The Bertz CT molecular complexity index is 1560. The Morgan fingerprint density at radius 2 is 2.10 bits per heavy atom. The molecule has 1 fully saturated rings. The van der Waals surface area contributed by atoms with Gasteiger partial charge in [-0.1, -0.05) is 62.0 Å². The van der Waals surface area contributed by atoms with Gasteiger partial charge in [0.2, 0.25) is 0 Å². The number of halogens is 1. The van der Waals surface area contributed by atoms with Crippen LogP contribution in [0, 0.1) is 18.7 Å². The second-order valence-corrected chi connectivity index (χ2v) is 11.0. The van der Waals surface area contributed by atoms with Crippen LogP contribution in [0.3, 0.4) is 0 Å². The van der Waals surface area contributed by atoms with E-state index < -0.39 is 0 Å². The molecule has 3 heterocycles. The summed E-state index contributed by atoms with van der Waals surface area (Å²) in [7, 11) is 0. The molecule has 2 atom stereocenters. The molecule has 0 saturated heterocycles. The molecule has 2 aromatic heterocycles. The highest BCUT2D eigenvalue weighted by Crippen LogP contribution is 2.32. The Morgan fingerprint density at radius 3 is 2.90 bits per heavy atom. The number of nitrogens with two attached hydrogens (primary N) is 1. The van der Waals surface area contributed by atoms with Crippen molar-refractivity contribution in [3.63, 3.8) is 0 Å². The summed E-state index contributed by atoms with van der Waals surface area (Å²) in [6, 6.07) is 3.44. The first-order chi connectivity index (χ1) is 19.9. The van der Waals surface area contributed by atoms with Gasteiger partial charge in [-0.25, -0.2) is 9.37 Å². The molecule has 2 aromatic rings. The van der Waals surface area contributed by atoms with E-state index in [-0.39, 0.29) is 5.82 Å². The number of aliphatic imine (C=N–C) groups is 1. The number of hydrogen-bond donors (Lipinski definition) is 2. The average molecular weight is 548 g/mol. The molecular formula is C35H38FN5. The fraction of sp³-hybridized carbons (Fsp3) is 0.286. The monoisotopic (exact) mass is 547 g/mol. The summed E-state index contributed by atoms with van der Waals surface area (Å²) in [5.74, 6) is 0.340. The Balaban J connectivity index is 1.32. The van der Waals surface area contributed by atoms with Crippen LogP contribution in [-0.2, 0) is 0 Å². The van der Waals surface area contributed by atoms with Gasteiger partial charge >= 0.3 is 0 Å². The van der Waals surface area contributed by atoms with E-state index in [2.05, 4.69) is 58.0 Å². The van der Waals surface area contributed by atoms with Crippen LogP contribution in [0.2, 0.25) is 0 Å². The number of H-pyrrole nitrogens is 1. The SMILES string of the molecule is C=C1\C=C/C(c2cn[nH]c2-c2ccc(F)c(C)n2)=C/C=C/C1=C/C(=C\C)C1=CCC(C[C@H]2CCC[C@@H](N)C2)=CN=C1. The normalized spacial score (nSPS) is 25.5. The first-order valence-electron chi connectivity index (χ1n) is 14.4. The number of nitrogens with one attached hydrogen (secondary N) is 1. The van der Waals surface area contributed by atoms with Crippen molar-refractivity contribution in [3.8, 4) is 11.4 Å². The van der Waals surface area contributed by atoms with Gasteiger partial charge in [-0.05, 0) is 97.1 Å². The van der Waals surface area contributed by atoms with Crippen molar-refractivity contribution in [2.24, 2.45) is 16.6 Å². The lowest BCUT2D eigenvalue weighted by Crippen LogP contribution is -2.27. The van der Waals surface area contributed by atoms with Gasteiger partial charge < -0.3 is 5.73 Å². The van der Waals surface area contributed by atoms with E-state index in [1.807, 2.05) is 36.7 Å². The van der Waals surface area contributed by atoms with Crippen LogP contribution >= 0.6 is 0 Å². The Labute approximate surface area is 242 Å². The zero-order valence-electron chi connectivity index (χ0n) is 23.9. The highest BCUT2D eigenvalue weighted by Gasteiger charge is 2.20. The summed E-state index contributed by atoms with van der Waals surface area (Å²) in [5.41, 5.74) is 15.3. The zero-order valence-corrected chi connectivity index (χ0v) is 23.9. The van der Waals surface area contributed by atoms with E-state index in [4.69, 9.17) is 5.73 Å². The van der Waals surface area contributed by atoms with Crippen molar-refractivity contribution in [1.29, 1.82) is 0 Å². The summed E-state index contributed by atoms with van der Waals surface area (Å²) in [6.45, 7) is 8.05. The van der Waals surface area contributed by atoms with Crippen molar-refractivity contribution in [1.82, 2.24) is 15.2 Å². The molecule has 0 aromatic carbocycles. The van der Waals surface area contributed by atoms with Crippen LogP contribution in [0.25, 0.3) is 17.0 Å². The van der Waals surface area contributed by atoms with Gasteiger partial charge in [0.1, 0.15) is 5.82 Å². The number of aryl methyl sites for hydroxylation is 1. The highest BCUT2D eigenvalue weighted by atomic mass is 19.1. The highest BCUT2D eigenvalue weighted by molar-refractivity contribution is 5.87. The third-order valence-electron chi connectivity index (χ3n) is 8.00. The van der Waals surface area contributed by atoms with Crippen molar-refractivity contribution >= 4 is 11.8 Å². The second-order valence-electron chi connectivity index (χ2n) is 11.0.